The minimum atomic E-state index is -0.215. The summed E-state index contributed by atoms with van der Waals surface area (Å²) in [5, 5.41) is 0. The molecule has 0 spiro atoms. The number of hydrogen-bond acceptors (Lipinski definition) is 2. The van der Waals surface area contributed by atoms with Gasteiger partial charge in [0.2, 0.25) is 12.5 Å². The van der Waals surface area contributed by atoms with Gasteiger partial charge in [0.15, 0.2) is 24.3 Å². The first-order valence-electron chi connectivity index (χ1n) is 6.59. The van der Waals surface area contributed by atoms with Gasteiger partial charge in [-0.25, -0.2) is 4.39 Å². The van der Waals surface area contributed by atoms with Gasteiger partial charge in [-0.1, -0.05) is 6.07 Å². The number of rotatable bonds is 1. The molecule has 2 heterocycles. The highest BCUT2D eigenvalue weighted by molar-refractivity contribution is 5.81. The number of hydrogen-bond donors (Lipinski definition) is 0. The van der Waals surface area contributed by atoms with Crippen molar-refractivity contribution in [3.8, 4) is 11.5 Å². The molecule has 2 aliphatic heterocycles. The second-order valence-corrected chi connectivity index (χ2v) is 4.96. The zero-order valence-electron chi connectivity index (χ0n) is 11.2. The van der Waals surface area contributed by atoms with E-state index in [2.05, 4.69) is 4.58 Å². The summed E-state index contributed by atoms with van der Waals surface area (Å²) in [6.45, 7) is 1.11. The van der Waals surface area contributed by atoms with Gasteiger partial charge in [-0.05, 0) is 23.8 Å². The lowest BCUT2D eigenvalue weighted by molar-refractivity contribution is -0.436. The fourth-order valence-corrected chi connectivity index (χ4v) is 2.67. The molecule has 0 fully saturated rings. The molecule has 0 saturated heterocycles. The summed E-state index contributed by atoms with van der Waals surface area (Å²) in [4.78, 5) is 0. The molecule has 21 heavy (non-hydrogen) atoms. The molecule has 0 radical (unpaired) electrons. The van der Waals surface area contributed by atoms with Crippen LogP contribution in [0.5, 0.6) is 11.5 Å². The molecule has 5 heteroatoms. The topological polar surface area (TPSA) is 21.5 Å². The summed E-state index contributed by atoms with van der Waals surface area (Å²) in [6.07, 6.45) is 2.94. The van der Waals surface area contributed by atoms with Crippen LogP contribution in [0, 0.1) is 5.82 Å². The molecule has 0 amide bonds. The van der Waals surface area contributed by atoms with Crippen molar-refractivity contribution in [3.63, 3.8) is 0 Å². The van der Waals surface area contributed by atoms with Gasteiger partial charge in [0.05, 0.1) is 0 Å². The molecular formula is C16H13BrFNO2. The van der Waals surface area contributed by atoms with Gasteiger partial charge in [-0.2, -0.15) is 4.58 Å². The first kappa shape index (κ1) is 14.1. The molecule has 108 valence electrons. The third kappa shape index (κ3) is 2.53. The number of benzene rings is 2. The third-order valence-corrected chi connectivity index (χ3v) is 3.69. The minimum absolute atomic E-state index is 0. The summed E-state index contributed by atoms with van der Waals surface area (Å²) in [6, 6.07) is 10.7. The Morgan fingerprint density at radius 3 is 2.67 bits per heavy atom. The number of fused-ring (bicyclic) bond motifs is 2. The predicted octanol–water partition coefficient (Wildman–Crippen LogP) is -0.122. The smallest absolute Gasteiger partial charge is 0.231 e. The number of ether oxygens (including phenoxy) is 2. The number of nitrogens with zero attached hydrogens (tertiary/aromatic N) is 1. The second kappa shape index (κ2) is 5.48. The lowest BCUT2D eigenvalue weighted by Gasteiger charge is -2.12. The molecule has 3 nitrogen and oxygen atoms in total. The molecule has 2 aromatic rings. The van der Waals surface area contributed by atoms with Crippen molar-refractivity contribution in [2.75, 3.05) is 13.3 Å². The van der Waals surface area contributed by atoms with Gasteiger partial charge in [-0.15, -0.1) is 0 Å². The molecule has 0 saturated carbocycles. The Bertz CT molecular complexity index is 730. The van der Waals surface area contributed by atoms with Crippen LogP contribution >= 0.6 is 0 Å². The van der Waals surface area contributed by atoms with Crippen molar-refractivity contribution in [1.29, 1.82) is 0 Å². The first-order valence-corrected chi connectivity index (χ1v) is 6.59. The molecule has 0 bridgehead atoms. The summed E-state index contributed by atoms with van der Waals surface area (Å²) in [7, 11) is 0. The maximum atomic E-state index is 13.3. The monoisotopic (exact) mass is 349 g/mol. The Morgan fingerprint density at radius 1 is 1.05 bits per heavy atom. The van der Waals surface area contributed by atoms with Gasteiger partial charge in [-0.3, -0.25) is 0 Å². The van der Waals surface area contributed by atoms with Crippen LogP contribution in [-0.2, 0) is 6.42 Å². The zero-order valence-corrected chi connectivity index (χ0v) is 12.8. The molecule has 2 aromatic carbocycles. The van der Waals surface area contributed by atoms with Crippen LogP contribution in [0.2, 0.25) is 0 Å². The molecule has 0 atom stereocenters. The average molecular weight is 350 g/mol. The van der Waals surface area contributed by atoms with Gasteiger partial charge >= 0.3 is 0 Å². The van der Waals surface area contributed by atoms with E-state index in [-0.39, 0.29) is 29.6 Å². The molecule has 0 N–H and O–H groups in total. The normalized spacial score (nSPS) is 15.0. The maximum Gasteiger partial charge on any atom is 0.231 e. The highest BCUT2D eigenvalue weighted by atomic mass is 79.9. The average Bonchev–Trinajstić information content (AvgIpc) is 2.91. The zero-order chi connectivity index (χ0) is 13.5. The van der Waals surface area contributed by atoms with E-state index in [4.69, 9.17) is 9.47 Å². The van der Waals surface area contributed by atoms with Crippen molar-refractivity contribution in [2.24, 2.45) is 0 Å². The van der Waals surface area contributed by atoms with Crippen LogP contribution < -0.4 is 26.5 Å². The van der Waals surface area contributed by atoms with E-state index < -0.39 is 0 Å². The van der Waals surface area contributed by atoms with E-state index in [0.717, 1.165) is 35.7 Å². The van der Waals surface area contributed by atoms with Crippen LogP contribution in [0.25, 0.3) is 0 Å². The molecule has 2 aliphatic rings. The van der Waals surface area contributed by atoms with Crippen LogP contribution in [0.4, 0.5) is 10.1 Å². The van der Waals surface area contributed by atoms with Gasteiger partial charge in [0, 0.05) is 24.1 Å². The third-order valence-electron chi connectivity index (χ3n) is 3.69. The van der Waals surface area contributed by atoms with Gasteiger partial charge in [0.25, 0.3) is 0 Å². The molecule has 4 rings (SSSR count). The second-order valence-electron chi connectivity index (χ2n) is 4.96. The fourth-order valence-electron chi connectivity index (χ4n) is 2.67. The van der Waals surface area contributed by atoms with Crippen molar-refractivity contribution in [2.45, 2.75) is 6.42 Å². The van der Waals surface area contributed by atoms with E-state index in [1.165, 1.54) is 11.6 Å². The summed E-state index contributed by atoms with van der Waals surface area (Å²) in [5.41, 5.74) is 3.21. The van der Waals surface area contributed by atoms with E-state index in [0.29, 0.717) is 0 Å². The molecular weight excluding hydrogens is 337 g/mol. The van der Waals surface area contributed by atoms with Crippen LogP contribution in [0.1, 0.15) is 11.1 Å². The number of halogens is 2. The molecule has 0 aliphatic carbocycles. The predicted molar refractivity (Wildman–Crippen MR) is 72.6 cm³/mol. The summed E-state index contributed by atoms with van der Waals surface area (Å²) in [5.74, 6) is 1.38. The van der Waals surface area contributed by atoms with Crippen molar-refractivity contribution >= 4 is 11.9 Å². The van der Waals surface area contributed by atoms with E-state index >= 15 is 0 Å². The van der Waals surface area contributed by atoms with E-state index in [9.17, 15) is 4.39 Å². The Morgan fingerprint density at radius 2 is 1.86 bits per heavy atom. The SMILES string of the molecule is Fc1cccc([N+]2=Cc3cc4c(cc3CC2)OCO4)c1.[Br-]. The lowest BCUT2D eigenvalue weighted by Crippen LogP contribution is -3.00. The van der Waals surface area contributed by atoms with Crippen molar-refractivity contribution in [3.05, 3.63) is 53.3 Å². The van der Waals surface area contributed by atoms with Crippen LogP contribution in [0.3, 0.4) is 0 Å². The first-order chi connectivity index (χ1) is 9.79. The minimum Gasteiger partial charge on any atom is -1.00 e. The Labute approximate surface area is 132 Å². The molecule has 0 unspecified atom stereocenters. The van der Waals surface area contributed by atoms with E-state index in [1.807, 2.05) is 24.4 Å². The Balaban J connectivity index is 0.00000132. The Kier molecular flexibility index (Phi) is 3.68. The highest BCUT2D eigenvalue weighted by Crippen LogP contribution is 2.35. The Hall–Kier alpha value is -1.88. The van der Waals surface area contributed by atoms with Gasteiger partial charge in [0.1, 0.15) is 5.82 Å². The summed E-state index contributed by atoms with van der Waals surface area (Å²) >= 11 is 0. The molecule has 0 aromatic heterocycles. The van der Waals surface area contributed by atoms with Crippen LogP contribution in [0.15, 0.2) is 36.4 Å². The lowest BCUT2D eigenvalue weighted by atomic mass is 10.0. The maximum absolute atomic E-state index is 13.3. The summed E-state index contributed by atoms with van der Waals surface area (Å²) < 4.78 is 26.2. The van der Waals surface area contributed by atoms with Crippen LogP contribution in [-0.4, -0.2) is 24.1 Å². The highest BCUT2D eigenvalue weighted by Gasteiger charge is 2.23. The standard InChI is InChI=1S/C16H13FNO2.BrH/c17-13-2-1-3-14(8-13)18-5-4-11-6-15-16(20-10-19-15)7-12(11)9-18;/h1-3,6-9H,4-5,10H2;1H/q+1;/p-1. The van der Waals surface area contributed by atoms with Crippen molar-refractivity contribution in [1.82, 2.24) is 0 Å². The van der Waals surface area contributed by atoms with E-state index in [1.54, 1.807) is 12.1 Å². The fraction of sp³-hybridized carbons (Fsp3) is 0.188. The largest absolute Gasteiger partial charge is 1.00 e. The quantitative estimate of drug-likeness (QED) is 0.669. The van der Waals surface area contributed by atoms with Crippen molar-refractivity contribution < 1.29 is 35.4 Å². The van der Waals surface area contributed by atoms with Gasteiger partial charge < -0.3 is 26.5 Å².